The summed E-state index contributed by atoms with van der Waals surface area (Å²) in [6, 6.07) is 3.13. The molecule has 0 aliphatic carbocycles. The van der Waals surface area contributed by atoms with E-state index in [9.17, 15) is 4.79 Å². The molecular formula is C12H16N2O3. The smallest absolute Gasteiger partial charge is 0.335 e. The number of nitrogen functional groups attached to an aromatic ring is 1. The summed E-state index contributed by atoms with van der Waals surface area (Å²) < 4.78 is 5.28. The van der Waals surface area contributed by atoms with Gasteiger partial charge in [-0.1, -0.05) is 0 Å². The number of ether oxygens (including phenoxy) is 1. The lowest BCUT2D eigenvalue weighted by atomic mass is 10.1. The van der Waals surface area contributed by atoms with Crippen LogP contribution in [0, 0.1) is 6.92 Å². The van der Waals surface area contributed by atoms with Crippen molar-refractivity contribution in [2.45, 2.75) is 19.4 Å². The number of rotatable bonds is 4. The number of aromatic carboxylic acids is 1. The third-order valence-electron chi connectivity index (χ3n) is 2.95. The van der Waals surface area contributed by atoms with Crippen LogP contribution in [0.15, 0.2) is 12.1 Å². The Morgan fingerprint density at radius 1 is 1.65 bits per heavy atom. The summed E-state index contributed by atoms with van der Waals surface area (Å²) in [5.74, 6) is -0.948. The van der Waals surface area contributed by atoms with Gasteiger partial charge in [-0.05, 0) is 31.0 Å². The minimum absolute atomic E-state index is 0.211. The van der Waals surface area contributed by atoms with Crippen molar-refractivity contribution in [1.82, 2.24) is 0 Å². The lowest BCUT2D eigenvalue weighted by Gasteiger charge is -2.27. The van der Waals surface area contributed by atoms with Crippen molar-refractivity contribution in [2.75, 3.05) is 24.2 Å². The third-order valence-corrected chi connectivity index (χ3v) is 2.95. The number of carboxylic acids is 1. The van der Waals surface area contributed by atoms with Crippen molar-refractivity contribution < 1.29 is 14.6 Å². The summed E-state index contributed by atoms with van der Waals surface area (Å²) in [7, 11) is 0. The van der Waals surface area contributed by atoms with E-state index in [1.54, 1.807) is 19.1 Å². The van der Waals surface area contributed by atoms with Gasteiger partial charge in [0.15, 0.2) is 0 Å². The Hall–Kier alpha value is -1.75. The number of nitrogens with two attached hydrogens (primary N) is 1. The van der Waals surface area contributed by atoms with Crippen LogP contribution in [0.5, 0.6) is 0 Å². The van der Waals surface area contributed by atoms with Gasteiger partial charge in [-0.15, -0.1) is 0 Å². The van der Waals surface area contributed by atoms with Crippen LogP contribution in [-0.4, -0.2) is 30.3 Å². The van der Waals surface area contributed by atoms with Gasteiger partial charge >= 0.3 is 5.97 Å². The molecule has 5 nitrogen and oxygen atoms in total. The number of aryl methyl sites for hydroxylation is 1. The molecule has 0 aromatic heterocycles. The first-order chi connectivity index (χ1) is 8.08. The van der Waals surface area contributed by atoms with E-state index in [1.807, 2.05) is 0 Å². The maximum Gasteiger partial charge on any atom is 0.335 e. The zero-order chi connectivity index (χ0) is 12.4. The fourth-order valence-electron chi connectivity index (χ4n) is 1.74. The van der Waals surface area contributed by atoms with E-state index in [0.29, 0.717) is 17.9 Å². The first-order valence-corrected chi connectivity index (χ1v) is 5.57. The summed E-state index contributed by atoms with van der Waals surface area (Å²) in [6.45, 7) is 3.26. The first-order valence-electron chi connectivity index (χ1n) is 5.57. The molecule has 5 heteroatoms. The fourth-order valence-corrected chi connectivity index (χ4v) is 1.74. The van der Waals surface area contributed by atoms with Crippen LogP contribution in [0.2, 0.25) is 0 Å². The van der Waals surface area contributed by atoms with Crippen molar-refractivity contribution >= 4 is 17.3 Å². The zero-order valence-corrected chi connectivity index (χ0v) is 9.69. The highest BCUT2D eigenvalue weighted by Gasteiger charge is 2.18. The molecule has 1 saturated heterocycles. The van der Waals surface area contributed by atoms with E-state index in [-0.39, 0.29) is 11.7 Å². The molecule has 1 aliphatic heterocycles. The van der Waals surface area contributed by atoms with Crippen LogP contribution in [0.25, 0.3) is 0 Å². The predicted octanol–water partition coefficient (Wildman–Crippen LogP) is 1.48. The summed E-state index contributed by atoms with van der Waals surface area (Å²) in [6.07, 6.45) is 1.24. The number of hydrogen-bond acceptors (Lipinski definition) is 4. The Morgan fingerprint density at radius 3 is 2.88 bits per heavy atom. The van der Waals surface area contributed by atoms with Gasteiger partial charge in [0, 0.05) is 13.2 Å². The van der Waals surface area contributed by atoms with Crippen molar-refractivity contribution in [2.24, 2.45) is 0 Å². The van der Waals surface area contributed by atoms with Crippen LogP contribution in [0.4, 0.5) is 11.4 Å². The second-order valence-electron chi connectivity index (χ2n) is 4.22. The largest absolute Gasteiger partial charge is 0.478 e. The average Bonchev–Trinajstić information content (AvgIpc) is 2.21. The van der Waals surface area contributed by atoms with E-state index in [1.165, 1.54) is 0 Å². The van der Waals surface area contributed by atoms with Gasteiger partial charge in [0.2, 0.25) is 0 Å². The molecule has 1 unspecified atom stereocenters. The molecule has 0 spiro atoms. The van der Waals surface area contributed by atoms with Gasteiger partial charge in [0.05, 0.1) is 23.0 Å². The van der Waals surface area contributed by atoms with Crippen LogP contribution >= 0.6 is 0 Å². The van der Waals surface area contributed by atoms with Crippen LogP contribution in [0.3, 0.4) is 0 Å². The molecule has 0 saturated carbocycles. The lowest BCUT2D eigenvalue weighted by Crippen LogP contribution is -2.33. The van der Waals surface area contributed by atoms with Gasteiger partial charge in [-0.2, -0.15) is 0 Å². The molecule has 92 valence electrons. The molecule has 0 radical (unpaired) electrons. The van der Waals surface area contributed by atoms with Crippen molar-refractivity contribution in [3.63, 3.8) is 0 Å². The van der Waals surface area contributed by atoms with Gasteiger partial charge in [0.25, 0.3) is 0 Å². The summed E-state index contributed by atoms with van der Waals surface area (Å²) >= 11 is 0. The van der Waals surface area contributed by atoms with Crippen LogP contribution < -0.4 is 11.1 Å². The van der Waals surface area contributed by atoms with Gasteiger partial charge in [-0.25, -0.2) is 4.79 Å². The molecule has 4 N–H and O–H groups in total. The topological polar surface area (TPSA) is 84.6 Å². The molecule has 1 aromatic carbocycles. The highest BCUT2D eigenvalue weighted by atomic mass is 16.5. The monoisotopic (exact) mass is 236 g/mol. The second-order valence-corrected chi connectivity index (χ2v) is 4.22. The standard InChI is InChI=1S/C12H16N2O3/c1-7-4-8(12(15)16)5-10(11(7)13)14-6-9-2-3-17-9/h4-5,9,14H,2-3,6,13H2,1H3,(H,15,16). The van der Waals surface area contributed by atoms with E-state index < -0.39 is 5.97 Å². The number of anilines is 2. The summed E-state index contributed by atoms with van der Waals surface area (Å²) in [5.41, 5.74) is 8.17. The minimum Gasteiger partial charge on any atom is -0.478 e. The highest BCUT2D eigenvalue weighted by molar-refractivity contribution is 5.91. The van der Waals surface area contributed by atoms with Crippen molar-refractivity contribution in [3.8, 4) is 0 Å². The summed E-state index contributed by atoms with van der Waals surface area (Å²) in [5, 5.41) is 12.1. The molecule has 1 aliphatic rings. The Balaban J connectivity index is 2.15. The maximum absolute atomic E-state index is 10.9. The quantitative estimate of drug-likeness (QED) is 0.689. The van der Waals surface area contributed by atoms with E-state index in [2.05, 4.69) is 5.32 Å². The third kappa shape index (κ3) is 2.50. The Kier molecular flexibility index (Phi) is 3.19. The molecule has 1 heterocycles. The van der Waals surface area contributed by atoms with Crippen LogP contribution in [-0.2, 0) is 4.74 Å². The van der Waals surface area contributed by atoms with Crippen molar-refractivity contribution in [3.05, 3.63) is 23.3 Å². The molecule has 1 aromatic rings. The molecule has 0 bridgehead atoms. The predicted molar refractivity (Wildman–Crippen MR) is 65.4 cm³/mol. The number of nitrogens with one attached hydrogen (secondary N) is 1. The Morgan fingerprint density at radius 2 is 2.35 bits per heavy atom. The average molecular weight is 236 g/mol. The first kappa shape index (κ1) is 11.7. The molecule has 1 atom stereocenters. The van der Waals surface area contributed by atoms with Crippen LogP contribution in [0.1, 0.15) is 22.3 Å². The number of carbonyl (C=O) groups is 1. The molecule has 2 rings (SSSR count). The fraction of sp³-hybridized carbons (Fsp3) is 0.417. The Labute approximate surface area is 99.6 Å². The van der Waals surface area contributed by atoms with E-state index in [0.717, 1.165) is 18.6 Å². The highest BCUT2D eigenvalue weighted by Crippen LogP contribution is 2.25. The summed E-state index contributed by atoms with van der Waals surface area (Å²) in [4.78, 5) is 10.9. The SMILES string of the molecule is Cc1cc(C(=O)O)cc(NCC2CCO2)c1N. The number of carboxylic acid groups (broad SMARTS) is 1. The maximum atomic E-state index is 10.9. The molecule has 0 amide bonds. The van der Waals surface area contributed by atoms with E-state index in [4.69, 9.17) is 15.6 Å². The number of benzene rings is 1. The van der Waals surface area contributed by atoms with Gasteiger partial charge < -0.3 is 20.9 Å². The minimum atomic E-state index is -0.948. The van der Waals surface area contributed by atoms with E-state index >= 15 is 0 Å². The lowest BCUT2D eigenvalue weighted by molar-refractivity contribution is -0.0410. The second kappa shape index (κ2) is 4.63. The normalized spacial score (nSPS) is 18.5. The number of hydrogen-bond donors (Lipinski definition) is 3. The molecule has 1 fully saturated rings. The molecular weight excluding hydrogens is 220 g/mol. The Bertz CT molecular complexity index is 442. The molecule has 17 heavy (non-hydrogen) atoms. The van der Waals surface area contributed by atoms with Gasteiger partial charge in [-0.3, -0.25) is 0 Å². The van der Waals surface area contributed by atoms with Crippen molar-refractivity contribution in [1.29, 1.82) is 0 Å². The van der Waals surface area contributed by atoms with Gasteiger partial charge in [0.1, 0.15) is 0 Å². The zero-order valence-electron chi connectivity index (χ0n) is 9.69.